The highest BCUT2D eigenvalue weighted by Crippen LogP contribution is 2.34. The van der Waals surface area contributed by atoms with Gasteiger partial charge in [-0.3, -0.25) is 0 Å². The van der Waals surface area contributed by atoms with E-state index in [-0.39, 0.29) is 5.82 Å². The molecule has 0 nitrogen and oxygen atoms in total. The molecule has 2 aromatic heterocycles. The maximum atomic E-state index is 14.4. The molecule has 17 heavy (non-hydrogen) atoms. The first kappa shape index (κ1) is 10.7. The van der Waals surface area contributed by atoms with E-state index in [1.807, 2.05) is 53.2 Å². The molecular formula is C14H9FS2. The first-order chi connectivity index (χ1) is 8.36. The molecule has 0 spiro atoms. The van der Waals surface area contributed by atoms with E-state index in [2.05, 4.69) is 0 Å². The molecule has 0 fully saturated rings. The monoisotopic (exact) mass is 260 g/mol. The highest BCUT2D eigenvalue weighted by atomic mass is 32.1. The Morgan fingerprint density at radius 1 is 0.706 bits per heavy atom. The van der Waals surface area contributed by atoms with E-state index in [9.17, 15) is 4.39 Å². The predicted octanol–water partition coefficient (Wildman–Crippen LogP) is 5.28. The summed E-state index contributed by atoms with van der Waals surface area (Å²) in [5.74, 6) is -0.127. The first-order valence-corrected chi connectivity index (χ1v) is 6.98. The van der Waals surface area contributed by atoms with Crippen LogP contribution in [0.2, 0.25) is 0 Å². The molecule has 0 radical (unpaired) electrons. The second kappa shape index (κ2) is 4.43. The van der Waals surface area contributed by atoms with Crippen molar-refractivity contribution < 1.29 is 4.39 Å². The number of hydrogen-bond acceptors (Lipinski definition) is 2. The molecule has 0 saturated heterocycles. The zero-order valence-electron chi connectivity index (χ0n) is 8.89. The van der Waals surface area contributed by atoms with Crippen LogP contribution in [0.5, 0.6) is 0 Å². The summed E-state index contributed by atoms with van der Waals surface area (Å²) in [7, 11) is 0. The lowest BCUT2D eigenvalue weighted by Crippen LogP contribution is -1.85. The van der Waals surface area contributed by atoms with Crippen LogP contribution in [0.3, 0.4) is 0 Å². The summed E-state index contributed by atoms with van der Waals surface area (Å²) in [5, 5.41) is 3.93. The highest BCUT2D eigenvalue weighted by Gasteiger charge is 2.12. The molecule has 0 aliphatic carbocycles. The Kier molecular flexibility index (Phi) is 2.79. The Bertz CT molecular complexity index is 557. The van der Waals surface area contributed by atoms with Crippen molar-refractivity contribution in [1.82, 2.24) is 0 Å². The molecule has 3 aromatic rings. The van der Waals surface area contributed by atoms with E-state index in [0.29, 0.717) is 11.1 Å². The van der Waals surface area contributed by atoms with Crippen molar-refractivity contribution in [3.05, 3.63) is 59.0 Å². The second-order valence-electron chi connectivity index (χ2n) is 3.62. The van der Waals surface area contributed by atoms with Crippen molar-refractivity contribution in [1.29, 1.82) is 0 Å². The predicted molar refractivity (Wildman–Crippen MR) is 73.0 cm³/mol. The highest BCUT2D eigenvalue weighted by molar-refractivity contribution is 7.14. The van der Waals surface area contributed by atoms with Gasteiger partial charge in [0, 0.05) is 20.9 Å². The fourth-order valence-electron chi connectivity index (χ4n) is 1.78. The van der Waals surface area contributed by atoms with Gasteiger partial charge in [-0.1, -0.05) is 30.3 Å². The molecule has 0 bridgehead atoms. The van der Waals surface area contributed by atoms with Crippen molar-refractivity contribution in [2.45, 2.75) is 0 Å². The lowest BCUT2D eigenvalue weighted by atomic mass is 10.1. The fourth-order valence-corrected chi connectivity index (χ4v) is 3.27. The van der Waals surface area contributed by atoms with E-state index in [1.165, 1.54) is 0 Å². The zero-order chi connectivity index (χ0) is 11.7. The summed E-state index contributed by atoms with van der Waals surface area (Å²) in [6.07, 6.45) is 0. The maximum absolute atomic E-state index is 14.4. The van der Waals surface area contributed by atoms with Gasteiger partial charge >= 0.3 is 0 Å². The van der Waals surface area contributed by atoms with E-state index >= 15 is 0 Å². The van der Waals surface area contributed by atoms with Crippen LogP contribution in [-0.2, 0) is 0 Å². The topological polar surface area (TPSA) is 0 Å². The molecule has 0 amide bonds. The molecule has 0 unspecified atom stereocenters. The van der Waals surface area contributed by atoms with E-state index in [1.54, 1.807) is 22.7 Å². The lowest BCUT2D eigenvalue weighted by molar-refractivity contribution is 0.635. The van der Waals surface area contributed by atoms with Crippen LogP contribution in [0.4, 0.5) is 4.39 Å². The summed E-state index contributed by atoms with van der Waals surface area (Å²) in [6.45, 7) is 0. The van der Waals surface area contributed by atoms with Crippen molar-refractivity contribution in [2.24, 2.45) is 0 Å². The van der Waals surface area contributed by atoms with Gasteiger partial charge in [-0.15, -0.1) is 22.7 Å². The van der Waals surface area contributed by atoms with Crippen LogP contribution in [0, 0.1) is 5.82 Å². The standard InChI is InChI=1S/C14H9FS2/c15-14-10(12-6-2-8-16-12)4-1-5-11(14)13-7-3-9-17-13/h1-9H. The SMILES string of the molecule is Fc1c(-c2cccs2)cccc1-c1cccs1. The average Bonchev–Trinajstić information content (AvgIpc) is 3.02. The van der Waals surface area contributed by atoms with Crippen LogP contribution in [0.25, 0.3) is 20.9 Å². The van der Waals surface area contributed by atoms with Gasteiger partial charge in [-0.25, -0.2) is 4.39 Å². The molecule has 3 rings (SSSR count). The molecule has 0 saturated carbocycles. The molecule has 1 aromatic carbocycles. The number of hydrogen-bond donors (Lipinski definition) is 0. The summed E-state index contributed by atoms with van der Waals surface area (Å²) >= 11 is 3.12. The Morgan fingerprint density at radius 2 is 1.24 bits per heavy atom. The Labute approximate surface area is 107 Å². The molecule has 2 heterocycles. The van der Waals surface area contributed by atoms with Crippen molar-refractivity contribution in [3.63, 3.8) is 0 Å². The number of benzene rings is 1. The van der Waals surface area contributed by atoms with Crippen LogP contribution >= 0.6 is 22.7 Å². The molecule has 0 atom stereocenters. The quantitative estimate of drug-likeness (QED) is 0.588. The average molecular weight is 260 g/mol. The van der Waals surface area contributed by atoms with Gasteiger partial charge in [0.05, 0.1) is 0 Å². The van der Waals surface area contributed by atoms with E-state index in [0.717, 1.165) is 9.75 Å². The van der Waals surface area contributed by atoms with Gasteiger partial charge in [-0.05, 0) is 22.9 Å². The van der Waals surface area contributed by atoms with Crippen LogP contribution in [0.1, 0.15) is 0 Å². The molecule has 0 aliphatic heterocycles. The first-order valence-electron chi connectivity index (χ1n) is 5.22. The maximum Gasteiger partial charge on any atom is 0.140 e. The van der Waals surface area contributed by atoms with Gasteiger partial charge in [-0.2, -0.15) is 0 Å². The second-order valence-corrected chi connectivity index (χ2v) is 5.52. The molecule has 0 N–H and O–H groups in total. The third-order valence-electron chi connectivity index (χ3n) is 2.57. The minimum atomic E-state index is -0.127. The number of rotatable bonds is 2. The van der Waals surface area contributed by atoms with Gasteiger partial charge < -0.3 is 0 Å². The third kappa shape index (κ3) is 1.92. The molecule has 84 valence electrons. The van der Waals surface area contributed by atoms with Gasteiger partial charge in [0.15, 0.2) is 0 Å². The minimum Gasteiger partial charge on any atom is -0.206 e. The van der Waals surface area contributed by atoms with E-state index in [4.69, 9.17) is 0 Å². The van der Waals surface area contributed by atoms with Gasteiger partial charge in [0.2, 0.25) is 0 Å². The van der Waals surface area contributed by atoms with Crippen molar-refractivity contribution in [3.8, 4) is 20.9 Å². The summed E-state index contributed by atoms with van der Waals surface area (Å²) in [4.78, 5) is 1.95. The van der Waals surface area contributed by atoms with Gasteiger partial charge in [0.25, 0.3) is 0 Å². The molecule has 0 aliphatic rings. The van der Waals surface area contributed by atoms with E-state index < -0.39 is 0 Å². The Hall–Kier alpha value is -1.45. The number of thiophene rings is 2. The van der Waals surface area contributed by atoms with Crippen LogP contribution < -0.4 is 0 Å². The third-order valence-corrected chi connectivity index (χ3v) is 4.38. The summed E-state index contributed by atoms with van der Waals surface area (Å²) < 4.78 is 14.4. The van der Waals surface area contributed by atoms with Crippen LogP contribution in [0.15, 0.2) is 53.2 Å². The van der Waals surface area contributed by atoms with Crippen molar-refractivity contribution >= 4 is 22.7 Å². The zero-order valence-corrected chi connectivity index (χ0v) is 10.5. The fraction of sp³-hybridized carbons (Fsp3) is 0. The Morgan fingerprint density at radius 3 is 1.65 bits per heavy atom. The van der Waals surface area contributed by atoms with Crippen LogP contribution in [-0.4, -0.2) is 0 Å². The minimum absolute atomic E-state index is 0.127. The van der Waals surface area contributed by atoms with Crippen molar-refractivity contribution in [2.75, 3.05) is 0 Å². The lowest BCUT2D eigenvalue weighted by Gasteiger charge is -2.05. The van der Waals surface area contributed by atoms with Gasteiger partial charge in [0.1, 0.15) is 5.82 Å². The largest absolute Gasteiger partial charge is 0.206 e. The molecular weight excluding hydrogens is 251 g/mol. The Balaban J connectivity index is 2.17. The number of halogens is 1. The molecule has 3 heteroatoms. The normalized spacial score (nSPS) is 10.6. The smallest absolute Gasteiger partial charge is 0.140 e. The summed E-state index contributed by atoms with van der Waals surface area (Å²) in [5.41, 5.74) is 1.37. The summed E-state index contributed by atoms with van der Waals surface area (Å²) in [6, 6.07) is 13.3.